The van der Waals surface area contributed by atoms with E-state index < -0.39 is 25.3 Å². The lowest BCUT2D eigenvalue weighted by Gasteiger charge is -2.14. The van der Waals surface area contributed by atoms with Crippen LogP contribution in [-0.2, 0) is 9.53 Å². The molecule has 0 spiro atoms. The summed E-state index contributed by atoms with van der Waals surface area (Å²) in [4.78, 5) is 24.4. The van der Waals surface area contributed by atoms with Crippen LogP contribution in [0.25, 0.3) is 0 Å². The van der Waals surface area contributed by atoms with Gasteiger partial charge in [0.1, 0.15) is 13.2 Å². The zero-order chi connectivity index (χ0) is 16.2. The minimum atomic E-state index is -4.46. The number of hydrogen-bond acceptors (Lipinski definition) is 3. The average Bonchev–Trinajstić information content (AvgIpc) is 2.84. The minimum absolute atomic E-state index is 0.197. The molecule has 9 heteroatoms. The van der Waals surface area contributed by atoms with Crippen molar-refractivity contribution in [2.24, 2.45) is 0 Å². The highest BCUT2D eigenvalue weighted by molar-refractivity contribution is 5.95. The van der Waals surface area contributed by atoms with Crippen LogP contribution in [0.1, 0.15) is 0 Å². The molecule has 0 aromatic heterocycles. The van der Waals surface area contributed by atoms with Gasteiger partial charge in [-0.25, -0.2) is 4.79 Å². The lowest BCUT2D eigenvalue weighted by Crippen LogP contribution is -2.27. The van der Waals surface area contributed by atoms with Gasteiger partial charge in [0, 0.05) is 24.5 Å². The van der Waals surface area contributed by atoms with Gasteiger partial charge < -0.3 is 15.4 Å². The molecule has 1 aromatic rings. The summed E-state index contributed by atoms with van der Waals surface area (Å²) in [5, 5.41) is 5.07. The molecule has 1 saturated heterocycles. The van der Waals surface area contributed by atoms with Gasteiger partial charge in [-0.1, -0.05) is 0 Å². The molecule has 1 aromatic carbocycles. The zero-order valence-electron chi connectivity index (χ0n) is 11.4. The second kappa shape index (κ2) is 6.65. The number of rotatable bonds is 5. The first-order valence-electron chi connectivity index (χ1n) is 6.45. The molecule has 0 atom stereocenters. The van der Waals surface area contributed by atoms with E-state index in [9.17, 15) is 22.8 Å². The maximum Gasteiger partial charge on any atom is 0.411 e. The highest BCUT2D eigenvalue weighted by Gasteiger charge is 2.27. The van der Waals surface area contributed by atoms with Gasteiger partial charge >= 0.3 is 12.2 Å². The van der Waals surface area contributed by atoms with Gasteiger partial charge in [0.05, 0.1) is 0 Å². The molecule has 120 valence electrons. The first-order valence-corrected chi connectivity index (χ1v) is 6.45. The third-order valence-electron chi connectivity index (χ3n) is 2.82. The van der Waals surface area contributed by atoms with Gasteiger partial charge in [0.2, 0.25) is 5.91 Å². The van der Waals surface area contributed by atoms with Gasteiger partial charge in [-0.3, -0.25) is 9.69 Å². The topological polar surface area (TPSA) is 70.7 Å². The number of nitrogens with one attached hydrogen (secondary N) is 2. The molecule has 2 N–H and O–H groups in total. The maximum atomic E-state index is 11.9. The van der Waals surface area contributed by atoms with Crippen molar-refractivity contribution in [2.75, 3.05) is 36.5 Å². The molecule has 3 amide bonds. The first kappa shape index (κ1) is 16.1. The Hall–Kier alpha value is -2.29. The summed E-state index contributed by atoms with van der Waals surface area (Å²) in [5.74, 6) is -0.684. The van der Waals surface area contributed by atoms with E-state index in [4.69, 9.17) is 0 Å². The lowest BCUT2D eigenvalue weighted by molar-refractivity contribution is -0.174. The number of amides is 3. The van der Waals surface area contributed by atoms with E-state index in [1.807, 2.05) is 0 Å². The van der Waals surface area contributed by atoms with E-state index >= 15 is 0 Å². The van der Waals surface area contributed by atoms with Crippen LogP contribution in [0.5, 0.6) is 0 Å². The molecule has 22 heavy (non-hydrogen) atoms. The summed E-state index contributed by atoms with van der Waals surface area (Å²) in [5.41, 5.74) is 1.07. The molecule has 0 saturated carbocycles. The molecule has 1 fully saturated rings. The third kappa shape index (κ3) is 4.62. The van der Waals surface area contributed by atoms with Crippen molar-refractivity contribution in [1.82, 2.24) is 5.32 Å². The van der Waals surface area contributed by atoms with Gasteiger partial charge in [-0.15, -0.1) is 0 Å². The maximum absolute atomic E-state index is 11.9. The fraction of sp³-hybridized carbons (Fsp3) is 0.385. The summed E-state index contributed by atoms with van der Waals surface area (Å²) < 4.78 is 39.8. The highest BCUT2D eigenvalue weighted by Crippen LogP contribution is 2.19. The molecular formula is C13H14F3N3O3. The normalized spacial score (nSPS) is 14.9. The zero-order valence-corrected chi connectivity index (χ0v) is 11.4. The van der Waals surface area contributed by atoms with Crippen molar-refractivity contribution >= 4 is 23.3 Å². The van der Waals surface area contributed by atoms with Crippen LogP contribution in [0, 0.1) is 0 Å². The van der Waals surface area contributed by atoms with Crippen LogP contribution >= 0.6 is 0 Å². The minimum Gasteiger partial charge on any atom is -0.362 e. The monoisotopic (exact) mass is 317 g/mol. The molecule has 0 unspecified atom stereocenters. The summed E-state index contributed by atoms with van der Waals surface area (Å²) in [7, 11) is 0. The van der Waals surface area contributed by atoms with Crippen molar-refractivity contribution in [1.29, 1.82) is 0 Å². The second-order valence-corrected chi connectivity index (χ2v) is 4.59. The number of benzene rings is 1. The summed E-state index contributed by atoms with van der Waals surface area (Å²) in [6.07, 6.45) is -4.46. The molecular weight excluding hydrogens is 303 g/mol. The summed E-state index contributed by atoms with van der Waals surface area (Å²) in [6.45, 7) is -1.04. The quantitative estimate of drug-likeness (QED) is 0.869. The largest absolute Gasteiger partial charge is 0.411 e. The number of hydrogen-bond donors (Lipinski definition) is 2. The fourth-order valence-corrected chi connectivity index (χ4v) is 1.90. The smallest absolute Gasteiger partial charge is 0.362 e. The van der Waals surface area contributed by atoms with Gasteiger partial charge in [0.15, 0.2) is 0 Å². The van der Waals surface area contributed by atoms with E-state index in [1.54, 1.807) is 24.3 Å². The molecule has 1 aliphatic heterocycles. The van der Waals surface area contributed by atoms with E-state index in [1.165, 1.54) is 4.90 Å². The van der Waals surface area contributed by atoms with Crippen molar-refractivity contribution in [3.63, 3.8) is 0 Å². The number of urea groups is 1. The van der Waals surface area contributed by atoms with Crippen LogP contribution in [0.15, 0.2) is 24.3 Å². The predicted molar refractivity (Wildman–Crippen MR) is 72.7 cm³/mol. The predicted octanol–water partition coefficient (Wildman–Crippen LogP) is 1.73. The number of carbonyl (C=O) groups excluding carboxylic acids is 2. The Kier molecular flexibility index (Phi) is 4.86. The van der Waals surface area contributed by atoms with E-state index in [0.29, 0.717) is 24.5 Å². The second-order valence-electron chi connectivity index (χ2n) is 4.59. The number of anilines is 2. The van der Waals surface area contributed by atoms with Crippen molar-refractivity contribution in [3.8, 4) is 0 Å². The summed E-state index contributed by atoms with van der Waals surface area (Å²) >= 11 is 0. The number of carbonyl (C=O) groups is 2. The number of alkyl halides is 3. The van der Waals surface area contributed by atoms with Crippen LogP contribution in [0.2, 0.25) is 0 Å². The van der Waals surface area contributed by atoms with Gasteiger partial charge in [0.25, 0.3) is 0 Å². The van der Waals surface area contributed by atoms with Gasteiger partial charge in [-0.05, 0) is 24.3 Å². The van der Waals surface area contributed by atoms with Crippen LogP contribution in [-0.4, -0.2) is 44.4 Å². The van der Waals surface area contributed by atoms with Crippen LogP contribution < -0.4 is 15.5 Å². The number of halogens is 3. The molecule has 6 nitrogen and oxygen atoms in total. The van der Waals surface area contributed by atoms with Crippen LogP contribution in [0.3, 0.4) is 0 Å². The first-order chi connectivity index (χ1) is 10.3. The Morgan fingerprint density at radius 3 is 2.55 bits per heavy atom. The van der Waals surface area contributed by atoms with E-state index in [-0.39, 0.29) is 6.03 Å². The van der Waals surface area contributed by atoms with E-state index in [0.717, 1.165) is 0 Å². The van der Waals surface area contributed by atoms with Crippen molar-refractivity contribution in [2.45, 2.75) is 6.18 Å². The molecule has 1 aliphatic rings. The molecule has 1 heterocycles. The fourth-order valence-electron chi connectivity index (χ4n) is 1.90. The van der Waals surface area contributed by atoms with Crippen molar-refractivity contribution < 1.29 is 27.5 Å². The van der Waals surface area contributed by atoms with Crippen molar-refractivity contribution in [3.05, 3.63) is 24.3 Å². The summed E-state index contributed by atoms with van der Waals surface area (Å²) in [6, 6.07) is 6.19. The Morgan fingerprint density at radius 2 is 2.00 bits per heavy atom. The average molecular weight is 317 g/mol. The number of ether oxygens (including phenoxy) is 1. The third-order valence-corrected chi connectivity index (χ3v) is 2.82. The SMILES string of the molecule is O=C(COCC(F)(F)F)Nc1ccc(N2CCNC2=O)cc1. The van der Waals surface area contributed by atoms with E-state index in [2.05, 4.69) is 15.4 Å². The molecule has 0 bridgehead atoms. The lowest BCUT2D eigenvalue weighted by atomic mass is 10.2. The number of nitrogens with zero attached hydrogens (tertiary/aromatic N) is 1. The molecule has 2 rings (SSSR count). The highest BCUT2D eigenvalue weighted by atomic mass is 19.4. The van der Waals surface area contributed by atoms with Crippen LogP contribution in [0.4, 0.5) is 29.3 Å². The Balaban J connectivity index is 1.83. The Labute approximate surface area is 124 Å². The Bertz CT molecular complexity index is 546. The standard InChI is InChI=1S/C13H14F3N3O3/c14-13(15,16)8-22-7-11(20)18-9-1-3-10(4-2-9)19-6-5-17-12(19)21/h1-4H,5-8H2,(H,17,21)(H,18,20). The van der Waals surface area contributed by atoms with Gasteiger partial charge in [-0.2, -0.15) is 13.2 Å². The Morgan fingerprint density at radius 1 is 1.32 bits per heavy atom. The molecule has 0 radical (unpaired) electrons. The molecule has 0 aliphatic carbocycles.